The van der Waals surface area contributed by atoms with Gasteiger partial charge in [-0.2, -0.15) is 0 Å². The van der Waals surface area contributed by atoms with Gasteiger partial charge in [-0.05, 0) is 57.6 Å². The lowest BCUT2D eigenvalue weighted by Gasteiger charge is -2.42. The Balaban J connectivity index is 1.91. The number of hydrogen-bond donors (Lipinski definition) is 1. The number of nitrogens with one attached hydrogen (secondary N) is 1. The molecule has 4 heteroatoms. The maximum absolute atomic E-state index is 6.49. The zero-order valence-corrected chi connectivity index (χ0v) is 13.7. The Morgan fingerprint density at radius 2 is 2.24 bits per heavy atom. The molecule has 0 amide bonds. The third-order valence-electron chi connectivity index (χ3n) is 4.82. The van der Waals surface area contributed by atoms with E-state index in [4.69, 9.17) is 16.3 Å². The molecule has 2 atom stereocenters. The minimum atomic E-state index is -0.0155. The minimum Gasteiger partial charge on any atom is -0.487 e. The van der Waals surface area contributed by atoms with Crippen molar-refractivity contribution >= 4 is 11.6 Å². The lowest BCUT2D eigenvalue weighted by atomic mass is 9.82. The average Bonchev–Trinajstić information content (AvgIpc) is 2.63. The van der Waals surface area contributed by atoms with Crippen LogP contribution in [0.2, 0.25) is 5.02 Å². The summed E-state index contributed by atoms with van der Waals surface area (Å²) in [6.45, 7) is 5.41. The van der Waals surface area contributed by atoms with E-state index in [0.717, 1.165) is 43.1 Å². The molecule has 2 aliphatic rings. The van der Waals surface area contributed by atoms with Crippen LogP contribution < -0.4 is 10.1 Å². The number of ether oxygens (including phenoxy) is 1. The lowest BCUT2D eigenvalue weighted by Crippen LogP contribution is -2.44. The van der Waals surface area contributed by atoms with Gasteiger partial charge < -0.3 is 15.0 Å². The predicted molar refractivity (Wildman–Crippen MR) is 87.2 cm³/mol. The van der Waals surface area contributed by atoms with E-state index in [9.17, 15) is 0 Å². The normalized spacial score (nSPS) is 29.8. The summed E-state index contributed by atoms with van der Waals surface area (Å²) in [7, 11) is 2.21. The van der Waals surface area contributed by atoms with Crippen LogP contribution in [-0.2, 0) is 0 Å². The van der Waals surface area contributed by atoms with Crippen molar-refractivity contribution in [3.05, 3.63) is 28.8 Å². The molecular weight excluding hydrogens is 284 g/mol. The maximum Gasteiger partial charge on any atom is 0.125 e. The fourth-order valence-corrected chi connectivity index (χ4v) is 3.86. The molecule has 1 N–H and O–H groups in total. The molecule has 116 valence electrons. The minimum absolute atomic E-state index is 0.0155. The molecule has 2 heterocycles. The molecule has 1 fully saturated rings. The van der Waals surface area contributed by atoms with Crippen LogP contribution in [0, 0.1) is 0 Å². The average molecular weight is 309 g/mol. The Kier molecular flexibility index (Phi) is 4.43. The van der Waals surface area contributed by atoms with E-state index < -0.39 is 0 Å². The number of nitrogens with zero attached hydrogens (tertiary/aromatic N) is 1. The number of rotatable bonds is 2. The van der Waals surface area contributed by atoms with Crippen LogP contribution in [0.25, 0.3) is 0 Å². The quantitative estimate of drug-likeness (QED) is 0.903. The van der Waals surface area contributed by atoms with Gasteiger partial charge in [0.15, 0.2) is 0 Å². The summed E-state index contributed by atoms with van der Waals surface area (Å²) in [6.07, 6.45) is 4.50. The largest absolute Gasteiger partial charge is 0.487 e. The molecule has 1 spiro atoms. The molecule has 1 aromatic rings. The highest BCUT2D eigenvalue weighted by molar-refractivity contribution is 6.30. The van der Waals surface area contributed by atoms with Crippen LogP contribution in [0.3, 0.4) is 0 Å². The van der Waals surface area contributed by atoms with Crippen LogP contribution in [-0.4, -0.2) is 37.2 Å². The summed E-state index contributed by atoms with van der Waals surface area (Å²) >= 11 is 6.17. The summed E-state index contributed by atoms with van der Waals surface area (Å²) in [6, 6.07) is 6.38. The summed E-state index contributed by atoms with van der Waals surface area (Å²) < 4.78 is 6.49. The monoisotopic (exact) mass is 308 g/mol. The van der Waals surface area contributed by atoms with Gasteiger partial charge in [0, 0.05) is 29.6 Å². The van der Waals surface area contributed by atoms with Gasteiger partial charge in [0.05, 0.1) is 0 Å². The fourth-order valence-electron chi connectivity index (χ4n) is 3.68. The van der Waals surface area contributed by atoms with Crippen molar-refractivity contribution in [2.75, 3.05) is 26.7 Å². The Hall–Kier alpha value is -0.770. The molecule has 21 heavy (non-hydrogen) atoms. The van der Waals surface area contributed by atoms with Crippen molar-refractivity contribution in [1.82, 2.24) is 10.2 Å². The Bertz CT molecular complexity index is 508. The number of likely N-dealkylation sites (tertiary alicyclic amines) is 1. The van der Waals surface area contributed by atoms with Crippen molar-refractivity contribution in [2.24, 2.45) is 0 Å². The van der Waals surface area contributed by atoms with Crippen molar-refractivity contribution in [2.45, 2.75) is 44.2 Å². The highest BCUT2D eigenvalue weighted by Crippen LogP contribution is 2.44. The molecule has 2 unspecified atom stereocenters. The van der Waals surface area contributed by atoms with E-state index >= 15 is 0 Å². The topological polar surface area (TPSA) is 24.5 Å². The first-order chi connectivity index (χ1) is 10.1. The van der Waals surface area contributed by atoms with Crippen molar-refractivity contribution in [1.29, 1.82) is 0 Å². The molecule has 0 aromatic heterocycles. The predicted octanol–water partition coefficient (Wildman–Crippen LogP) is 3.63. The second kappa shape index (κ2) is 6.15. The SMILES string of the molecule is CCNC1CC2(CCCN(C)CC2)Oc2ccc(Cl)cc21. The Morgan fingerprint density at radius 1 is 1.38 bits per heavy atom. The maximum atomic E-state index is 6.49. The number of benzene rings is 1. The zero-order chi connectivity index (χ0) is 14.9. The molecule has 2 aliphatic heterocycles. The summed E-state index contributed by atoms with van der Waals surface area (Å²) in [5, 5.41) is 4.41. The Morgan fingerprint density at radius 3 is 3.05 bits per heavy atom. The van der Waals surface area contributed by atoms with E-state index in [1.54, 1.807) is 0 Å². The van der Waals surface area contributed by atoms with Crippen molar-refractivity contribution < 1.29 is 4.74 Å². The Labute approximate surface area is 132 Å². The van der Waals surface area contributed by atoms with E-state index in [1.165, 1.54) is 18.5 Å². The molecule has 0 saturated carbocycles. The van der Waals surface area contributed by atoms with Crippen molar-refractivity contribution in [3.63, 3.8) is 0 Å². The number of fused-ring (bicyclic) bond motifs is 1. The van der Waals surface area contributed by atoms with E-state index in [0.29, 0.717) is 6.04 Å². The second-order valence-electron chi connectivity index (χ2n) is 6.44. The highest BCUT2D eigenvalue weighted by Gasteiger charge is 2.41. The highest BCUT2D eigenvalue weighted by atomic mass is 35.5. The molecule has 3 rings (SSSR count). The molecule has 1 aromatic carbocycles. The van der Waals surface area contributed by atoms with Gasteiger partial charge in [0.1, 0.15) is 11.4 Å². The van der Waals surface area contributed by atoms with E-state index in [1.807, 2.05) is 12.1 Å². The van der Waals surface area contributed by atoms with Crippen LogP contribution in [0.5, 0.6) is 5.75 Å². The molecule has 0 aliphatic carbocycles. The first-order valence-electron chi connectivity index (χ1n) is 8.02. The number of halogens is 1. The molecule has 0 bridgehead atoms. The van der Waals surface area contributed by atoms with Gasteiger partial charge in [0.25, 0.3) is 0 Å². The van der Waals surface area contributed by atoms with Crippen LogP contribution in [0.15, 0.2) is 18.2 Å². The summed E-state index contributed by atoms with van der Waals surface area (Å²) in [4.78, 5) is 2.41. The molecule has 3 nitrogen and oxygen atoms in total. The first-order valence-corrected chi connectivity index (χ1v) is 8.40. The van der Waals surface area contributed by atoms with Crippen LogP contribution in [0.1, 0.15) is 44.2 Å². The molecule has 1 saturated heterocycles. The van der Waals surface area contributed by atoms with E-state index in [-0.39, 0.29) is 5.60 Å². The summed E-state index contributed by atoms with van der Waals surface area (Å²) in [5.74, 6) is 1.01. The standard InChI is InChI=1S/C17H25ClN2O/c1-3-19-15-12-17(7-4-9-20(2)10-8-17)21-16-6-5-13(18)11-14(15)16/h5-6,11,15,19H,3-4,7-10,12H2,1-2H3. The second-order valence-corrected chi connectivity index (χ2v) is 6.87. The van der Waals surface area contributed by atoms with Gasteiger partial charge in [-0.25, -0.2) is 0 Å². The molecule has 0 radical (unpaired) electrons. The van der Waals surface area contributed by atoms with Crippen LogP contribution >= 0.6 is 11.6 Å². The van der Waals surface area contributed by atoms with Gasteiger partial charge in [0.2, 0.25) is 0 Å². The first kappa shape index (κ1) is 15.1. The fraction of sp³-hybridized carbons (Fsp3) is 0.647. The van der Waals surface area contributed by atoms with Gasteiger partial charge in [-0.15, -0.1) is 0 Å². The van der Waals surface area contributed by atoms with Gasteiger partial charge in [-0.1, -0.05) is 18.5 Å². The summed E-state index contributed by atoms with van der Waals surface area (Å²) in [5.41, 5.74) is 1.20. The van der Waals surface area contributed by atoms with Crippen LogP contribution in [0.4, 0.5) is 0 Å². The zero-order valence-electron chi connectivity index (χ0n) is 13.0. The smallest absolute Gasteiger partial charge is 0.125 e. The third-order valence-corrected chi connectivity index (χ3v) is 5.06. The lowest BCUT2D eigenvalue weighted by molar-refractivity contribution is 0.0174. The number of hydrogen-bond acceptors (Lipinski definition) is 3. The van der Waals surface area contributed by atoms with E-state index in [2.05, 4.69) is 30.3 Å². The van der Waals surface area contributed by atoms with Gasteiger partial charge >= 0.3 is 0 Å². The molecular formula is C17H25ClN2O. The van der Waals surface area contributed by atoms with Crippen molar-refractivity contribution in [3.8, 4) is 5.75 Å². The van der Waals surface area contributed by atoms with Gasteiger partial charge in [-0.3, -0.25) is 0 Å². The third kappa shape index (κ3) is 3.20.